The van der Waals surface area contributed by atoms with Crippen molar-refractivity contribution < 1.29 is 13.2 Å². The van der Waals surface area contributed by atoms with Gasteiger partial charge in [-0.25, -0.2) is 0 Å². The predicted octanol–water partition coefficient (Wildman–Crippen LogP) is 2.31. The molecule has 0 aliphatic carbocycles. The van der Waals surface area contributed by atoms with Crippen molar-refractivity contribution >= 4 is 0 Å². The van der Waals surface area contributed by atoms with Gasteiger partial charge in [0.05, 0.1) is 6.54 Å². The highest BCUT2D eigenvalue weighted by Gasteiger charge is 2.39. The van der Waals surface area contributed by atoms with E-state index in [0.717, 1.165) is 5.56 Å². The van der Waals surface area contributed by atoms with E-state index < -0.39 is 12.0 Å². The first kappa shape index (κ1) is 13.1. The molecule has 1 aliphatic heterocycles. The van der Waals surface area contributed by atoms with Crippen molar-refractivity contribution in [3.63, 3.8) is 0 Å². The van der Waals surface area contributed by atoms with E-state index in [1.165, 1.54) is 4.57 Å². The average molecular weight is 282 g/mol. The maximum Gasteiger partial charge on any atom is 0.451 e. The molecule has 0 radical (unpaired) electrons. The van der Waals surface area contributed by atoms with E-state index in [2.05, 4.69) is 15.1 Å². The van der Waals surface area contributed by atoms with Gasteiger partial charge in [0.1, 0.15) is 5.82 Å². The molecule has 3 rings (SSSR count). The lowest BCUT2D eigenvalue weighted by molar-refractivity contribution is -0.148. The van der Waals surface area contributed by atoms with Crippen LogP contribution in [0.1, 0.15) is 17.2 Å². The molecule has 2 aromatic rings. The summed E-state index contributed by atoms with van der Waals surface area (Å²) < 4.78 is 39.3. The zero-order chi connectivity index (χ0) is 14.2. The summed E-state index contributed by atoms with van der Waals surface area (Å²) in [5.41, 5.74) is 1.14. The van der Waals surface area contributed by atoms with Crippen molar-refractivity contribution in [2.24, 2.45) is 0 Å². The standard InChI is InChI=1S/C13H13F3N4/c14-13(15,16)12-18-17-11-9-19(6-7-20(11)12)8-10-4-2-1-3-5-10/h1-5H,6-9H2. The zero-order valence-corrected chi connectivity index (χ0v) is 10.6. The number of aromatic nitrogens is 3. The fourth-order valence-corrected chi connectivity index (χ4v) is 2.39. The summed E-state index contributed by atoms with van der Waals surface area (Å²) in [4.78, 5) is 2.07. The Balaban J connectivity index is 1.75. The number of rotatable bonds is 2. The second kappa shape index (κ2) is 4.90. The fourth-order valence-electron chi connectivity index (χ4n) is 2.39. The molecule has 1 aromatic heterocycles. The molecular formula is C13H13F3N4. The molecule has 0 fully saturated rings. The Labute approximate surface area is 113 Å². The normalized spacial score (nSPS) is 16.1. The topological polar surface area (TPSA) is 34.0 Å². The van der Waals surface area contributed by atoms with Crippen LogP contribution >= 0.6 is 0 Å². The molecule has 0 atom stereocenters. The highest BCUT2D eigenvalue weighted by atomic mass is 19.4. The van der Waals surface area contributed by atoms with Gasteiger partial charge in [-0.3, -0.25) is 4.90 Å². The summed E-state index contributed by atoms with van der Waals surface area (Å²) in [6, 6.07) is 9.83. The summed E-state index contributed by atoms with van der Waals surface area (Å²) in [7, 11) is 0. The van der Waals surface area contributed by atoms with Crippen LogP contribution < -0.4 is 0 Å². The number of nitrogens with zero attached hydrogens (tertiary/aromatic N) is 4. The predicted molar refractivity (Wildman–Crippen MR) is 65.6 cm³/mol. The first-order valence-electron chi connectivity index (χ1n) is 6.29. The molecule has 20 heavy (non-hydrogen) atoms. The van der Waals surface area contributed by atoms with Gasteiger partial charge in [0.15, 0.2) is 0 Å². The van der Waals surface area contributed by atoms with Crippen molar-refractivity contribution in [3.05, 3.63) is 47.5 Å². The minimum Gasteiger partial charge on any atom is -0.305 e. The molecule has 0 spiro atoms. The van der Waals surface area contributed by atoms with E-state index in [1.807, 2.05) is 30.3 Å². The van der Waals surface area contributed by atoms with Crippen molar-refractivity contribution in [2.75, 3.05) is 6.54 Å². The highest BCUT2D eigenvalue weighted by molar-refractivity contribution is 5.15. The Morgan fingerprint density at radius 3 is 2.50 bits per heavy atom. The summed E-state index contributed by atoms with van der Waals surface area (Å²) in [5.74, 6) is -0.522. The van der Waals surface area contributed by atoms with Crippen molar-refractivity contribution in [3.8, 4) is 0 Å². The molecule has 0 N–H and O–H groups in total. The molecule has 0 bridgehead atoms. The van der Waals surface area contributed by atoms with Crippen LogP contribution in [0.15, 0.2) is 30.3 Å². The Hall–Kier alpha value is -1.89. The Kier molecular flexibility index (Phi) is 3.21. The lowest BCUT2D eigenvalue weighted by Crippen LogP contribution is -2.34. The van der Waals surface area contributed by atoms with Crippen LogP contribution in [0, 0.1) is 0 Å². The lowest BCUT2D eigenvalue weighted by atomic mass is 10.2. The summed E-state index contributed by atoms with van der Waals surface area (Å²) in [6.07, 6.45) is -4.44. The average Bonchev–Trinajstić information content (AvgIpc) is 2.83. The minimum atomic E-state index is -4.44. The first-order chi connectivity index (χ1) is 9.54. The molecule has 0 unspecified atom stereocenters. The minimum absolute atomic E-state index is 0.268. The van der Waals surface area contributed by atoms with E-state index >= 15 is 0 Å². The van der Waals surface area contributed by atoms with E-state index in [4.69, 9.17) is 0 Å². The van der Waals surface area contributed by atoms with Crippen LogP contribution in [0.2, 0.25) is 0 Å². The van der Waals surface area contributed by atoms with Gasteiger partial charge >= 0.3 is 6.18 Å². The summed E-state index contributed by atoms with van der Waals surface area (Å²) in [6.45, 7) is 1.92. The van der Waals surface area contributed by atoms with Crippen LogP contribution in [0.4, 0.5) is 13.2 Å². The fraction of sp³-hybridized carbons (Fsp3) is 0.385. The number of hydrogen-bond donors (Lipinski definition) is 0. The second-order valence-corrected chi connectivity index (χ2v) is 4.79. The van der Waals surface area contributed by atoms with Crippen molar-refractivity contribution in [1.82, 2.24) is 19.7 Å². The van der Waals surface area contributed by atoms with Gasteiger partial charge in [-0.15, -0.1) is 10.2 Å². The van der Waals surface area contributed by atoms with Gasteiger partial charge in [0, 0.05) is 19.6 Å². The van der Waals surface area contributed by atoms with Gasteiger partial charge in [0.2, 0.25) is 5.82 Å². The van der Waals surface area contributed by atoms with Crippen molar-refractivity contribution in [2.45, 2.75) is 25.8 Å². The van der Waals surface area contributed by atoms with Gasteiger partial charge in [-0.2, -0.15) is 13.2 Å². The molecule has 0 amide bonds. The number of halogens is 3. The van der Waals surface area contributed by atoms with Gasteiger partial charge in [-0.05, 0) is 5.56 Å². The molecule has 2 heterocycles. The summed E-state index contributed by atoms with van der Waals surface area (Å²) in [5, 5.41) is 6.94. The zero-order valence-electron chi connectivity index (χ0n) is 10.6. The Morgan fingerprint density at radius 1 is 1.05 bits per heavy atom. The van der Waals surface area contributed by atoms with E-state index in [-0.39, 0.29) is 6.54 Å². The Morgan fingerprint density at radius 2 is 1.80 bits per heavy atom. The molecule has 0 saturated heterocycles. The molecule has 4 nitrogen and oxygen atoms in total. The van der Waals surface area contributed by atoms with Gasteiger partial charge in [0.25, 0.3) is 0 Å². The molecule has 1 aromatic carbocycles. The third-order valence-electron chi connectivity index (χ3n) is 3.33. The third kappa shape index (κ3) is 2.53. The number of alkyl halides is 3. The van der Waals surface area contributed by atoms with Gasteiger partial charge < -0.3 is 4.57 Å². The third-order valence-corrected chi connectivity index (χ3v) is 3.33. The maximum absolute atomic E-state index is 12.7. The molecule has 0 saturated carbocycles. The van der Waals surface area contributed by atoms with E-state index in [9.17, 15) is 13.2 Å². The largest absolute Gasteiger partial charge is 0.451 e. The monoisotopic (exact) mass is 282 g/mol. The Bertz CT molecular complexity index is 591. The summed E-state index contributed by atoms with van der Waals surface area (Å²) >= 11 is 0. The molecular weight excluding hydrogens is 269 g/mol. The number of benzene rings is 1. The number of fused-ring (bicyclic) bond motifs is 1. The second-order valence-electron chi connectivity index (χ2n) is 4.79. The first-order valence-corrected chi connectivity index (χ1v) is 6.29. The molecule has 106 valence electrons. The van der Waals surface area contributed by atoms with Gasteiger partial charge in [-0.1, -0.05) is 30.3 Å². The van der Waals surface area contributed by atoms with Crippen LogP contribution in [0.5, 0.6) is 0 Å². The van der Waals surface area contributed by atoms with E-state index in [1.54, 1.807) is 0 Å². The highest BCUT2D eigenvalue weighted by Crippen LogP contribution is 2.29. The van der Waals surface area contributed by atoms with Crippen LogP contribution in [0.3, 0.4) is 0 Å². The van der Waals surface area contributed by atoms with Crippen molar-refractivity contribution in [1.29, 1.82) is 0 Å². The lowest BCUT2D eigenvalue weighted by Gasteiger charge is -2.27. The maximum atomic E-state index is 12.7. The molecule has 7 heteroatoms. The van der Waals surface area contributed by atoms with Crippen LogP contribution in [-0.4, -0.2) is 26.2 Å². The SMILES string of the molecule is FC(F)(F)c1nnc2n1CCN(Cc1ccccc1)C2. The van der Waals surface area contributed by atoms with Crippen LogP contribution in [0.25, 0.3) is 0 Å². The smallest absolute Gasteiger partial charge is 0.305 e. The number of hydrogen-bond acceptors (Lipinski definition) is 3. The quantitative estimate of drug-likeness (QED) is 0.847. The molecule has 1 aliphatic rings. The van der Waals surface area contributed by atoms with E-state index in [0.29, 0.717) is 25.5 Å². The van der Waals surface area contributed by atoms with Crippen LogP contribution in [-0.2, 0) is 25.8 Å².